The third-order valence-electron chi connectivity index (χ3n) is 4.93. The van der Waals surface area contributed by atoms with Gasteiger partial charge < -0.3 is 14.1 Å². The minimum Gasteiger partial charge on any atom is -0.416 e. The molecule has 3 rings (SSSR count). The highest BCUT2D eigenvalue weighted by Crippen LogP contribution is 2.31. The van der Waals surface area contributed by atoms with E-state index in [0.29, 0.717) is 17.7 Å². The number of likely N-dealkylation sites (tertiary alicyclic amines) is 1. The van der Waals surface area contributed by atoms with Gasteiger partial charge in [0.2, 0.25) is 5.89 Å². The standard InChI is InChI=1S/C17H27N3O3/c1-17(2,3)16-19-18-14(23-16)15(21)20-8-4-5-13(11-20)12-6-9-22-10-7-12/h12-13H,4-11H2,1-3H3. The first-order chi connectivity index (χ1) is 10.9. The van der Waals surface area contributed by atoms with E-state index in [-0.39, 0.29) is 17.2 Å². The molecule has 0 aromatic carbocycles. The van der Waals surface area contributed by atoms with E-state index < -0.39 is 0 Å². The smallest absolute Gasteiger partial charge is 0.311 e. The first-order valence-electron chi connectivity index (χ1n) is 8.66. The molecule has 1 unspecified atom stereocenters. The van der Waals surface area contributed by atoms with Crippen LogP contribution in [-0.4, -0.2) is 47.3 Å². The minimum absolute atomic E-state index is 0.121. The van der Waals surface area contributed by atoms with Crippen LogP contribution in [0, 0.1) is 11.8 Å². The van der Waals surface area contributed by atoms with Crippen molar-refractivity contribution in [1.29, 1.82) is 0 Å². The van der Waals surface area contributed by atoms with E-state index in [0.717, 1.165) is 45.6 Å². The number of piperidine rings is 1. The molecule has 2 aliphatic heterocycles. The molecule has 0 saturated carbocycles. The van der Waals surface area contributed by atoms with Crippen molar-refractivity contribution in [3.8, 4) is 0 Å². The van der Waals surface area contributed by atoms with Gasteiger partial charge in [-0.05, 0) is 37.5 Å². The van der Waals surface area contributed by atoms with Crippen molar-refractivity contribution in [2.45, 2.75) is 51.9 Å². The Hall–Kier alpha value is -1.43. The summed E-state index contributed by atoms with van der Waals surface area (Å²) in [5, 5.41) is 8.00. The van der Waals surface area contributed by atoms with Gasteiger partial charge in [-0.15, -0.1) is 10.2 Å². The summed E-state index contributed by atoms with van der Waals surface area (Å²) in [5.74, 6) is 1.76. The topological polar surface area (TPSA) is 68.5 Å². The Labute approximate surface area is 137 Å². The summed E-state index contributed by atoms with van der Waals surface area (Å²) in [6.45, 7) is 9.29. The normalized spacial score (nSPS) is 24.0. The molecule has 1 atom stereocenters. The van der Waals surface area contributed by atoms with Crippen LogP contribution < -0.4 is 0 Å². The lowest BCUT2D eigenvalue weighted by Gasteiger charge is -2.37. The number of hydrogen-bond acceptors (Lipinski definition) is 5. The lowest BCUT2D eigenvalue weighted by Crippen LogP contribution is -2.43. The van der Waals surface area contributed by atoms with Crippen LogP contribution in [0.1, 0.15) is 63.0 Å². The molecule has 2 aliphatic rings. The molecule has 1 aromatic rings. The number of rotatable bonds is 2. The molecule has 3 heterocycles. The second-order valence-corrected chi connectivity index (χ2v) is 7.77. The van der Waals surface area contributed by atoms with Gasteiger partial charge in [-0.2, -0.15) is 0 Å². The minimum atomic E-state index is -0.238. The fourth-order valence-electron chi connectivity index (χ4n) is 3.51. The number of hydrogen-bond donors (Lipinski definition) is 0. The van der Waals surface area contributed by atoms with Crippen LogP contribution in [0.5, 0.6) is 0 Å². The molecule has 0 spiro atoms. The molecule has 0 bridgehead atoms. The van der Waals surface area contributed by atoms with Crippen LogP contribution in [0.3, 0.4) is 0 Å². The Kier molecular flexibility index (Phi) is 4.71. The Morgan fingerprint density at radius 1 is 1.13 bits per heavy atom. The second-order valence-electron chi connectivity index (χ2n) is 7.77. The summed E-state index contributed by atoms with van der Waals surface area (Å²) in [5.41, 5.74) is -0.238. The Morgan fingerprint density at radius 2 is 1.87 bits per heavy atom. The Balaban J connectivity index is 1.66. The predicted molar refractivity (Wildman–Crippen MR) is 85.2 cm³/mol. The SMILES string of the molecule is CC(C)(C)c1nnc(C(=O)N2CCCC(C3CCOCC3)C2)o1. The van der Waals surface area contributed by atoms with Crippen LogP contribution in [0.4, 0.5) is 0 Å². The fraction of sp³-hybridized carbons (Fsp3) is 0.824. The van der Waals surface area contributed by atoms with Crippen LogP contribution in [0.15, 0.2) is 4.42 Å². The van der Waals surface area contributed by atoms with E-state index in [1.807, 2.05) is 25.7 Å². The largest absolute Gasteiger partial charge is 0.416 e. The van der Waals surface area contributed by atoms with Gasteiger partial charge in [-0.3, -0.25) is 4.79 Å². The van der Waals surface area contributed by atoms with Crippen LogP contribution in [0.25, 0.3) is 0 Å². The first-order valence-corrected chi connectivity index (χ1v) is 8.66. The van der Waals surface area contributed by atoms with E-state index in [9.17, 15) is 4.79 Å². The number of nitrogens with zero attached hydrogens (tertiary/aromatic N) is 3. The zero-order chi connectivity index (χ0) is 16.4. The van der Waals surface area contributed by atoms with Crippen molar-refractivity contribution >= 4 is 5.91 Å². The molecule has 2 saturated heterocycles. The van der Waals surface area contributed by atoms with Crippen molar-refractivity contribution in [2.75, 3.05) is 26.3 Å². The highest BCUT2D eigenvalue weighted by atomic mass is 16.5. The van der Waals surface area contributed by atoms with E-state index in [1.165, 1.54) is 6.42 Å². The van der Waals surface area contributed by atoms with E-state index in [2.05, 4.69) is 10.2 Å². The number of ether oxygens (including phenoxy) is 1. The maximum absolute atomic E-state index is 12.7. The monoisotopic (exact) mass is 321 g/mol. The summed E-state index contributed by atoms with van der Waals surface area (Å²) in [4.78, 5) is 14.6. The molecular weight excluding hydrogens is 294 g/mol. The van der Waals surface area contributed by atoms with E-state index in [4.69, 9.17) is 9.15 Å². The highest BCUT2D eigenvalue weighted by Gasteiger charge is 2.33. The zero-order valence-corrected chi connectivity index (χ0v) is 14.4. The van der Waals surface area contributed by atoms with Gasteiger partial charge in [0.15, 0.2) is 0 Å². The van der Waals surface area contributed by atoms with Gasteiger partial charge >= 0.3 is 11.8 Å². The van der Waals surface area contributed by atoms with Crippen molar-refractivity contribution in [3.05, 3.63) is 11.8 Å². The maximum atomic E-state index is 12.7. The molecule has 6 nitrogen and oxygen atoms in total. The molecule has 0 aliphatic carbocycles. The van der Waals surface area contributed by atoms with Crippen LogP contribution in [-0.2, 0) is 10.2 Å². The van der Waals surface area contributed by atoms with Gasteiger partial charge in [-0.25, -0.2) is 0 Å². The molecule has 0 N–H and O–H groups in total. The van der Waals surface area contributed by atoms with Crippen molar-refractivity contribution in [3.63, 3.8) is 0 Å². The van der Waals surface area contributed by atoms with Gasteiger partial charge in [0.05, 0.1) is 0 Å². The van der Waals surface area contributed by atoms with Gasteiger partial charge in [0, 0.05) is 31.7 Å². The Morgan fingerprint density at radius 3 is 2.52 bits per heavy atom. The zero-order valence-electron chi connectivity index (χ0n) is 14.4. The molecule has 1 amide bonds. The Bertz CT molecular complexity index is 544. The average molecular weight is 321 g/mol. The quantitative estimate of drug-likeness (QED) is 0.837. The third kappa shape index (κ3) is 3.74. The maximum Gasteiger partial charge on any atom is 0.311 e. The number of carbonyl (C=O) groups excluding carboxylic acids is 1. The predicted octanol–water partition coefficient (Wildman–Crippen LogP) is 2.65. The van der Waals surface area contributed by atoms with Gasteiger partial charge in [0.25, 0.3) is 0 Å². The molecule has 0 radical (unpaired) electrons. The molecule has 23 heavy (non-hydrogen) atoms. The average Bonchev–Trinajstić information content (AvgIpc) is 3.05. The summed E-state index contributed by atoms with van der Waals surface area (Å²) < 4.78 is 11.1. The lowest BCUT2D eigenvalue weighted by atomic mass is 9.81. The molecule has 1 aromatic heterocycles. The van der Waals surface area contributed by atoms with Gasteiger partial charge in [0.1, 0.15) is 0 Å². The number of amides is 1. The number of carbonyl (C=O) groups is 1. The van der Waals surface area contributed by atoms with Crippen LogP contribution in [0.2, 0.25) is 0 Å². The van der Waals surface area contributed by atoms with Crippen LogP contribution >= 0.6 is 0 Å². The van der Waals surface area contributed by atoms with Crippen molar-refractivity contribution in [2.24, 2.45) is 11.8 Å². The van der Waals surface area contributed by atoms with Crippen molar-refractivity contribution < 1.29 is 13.9 Å². The fourth-order valence-corrected chi connectivity index (χ4v) is 3.51. The first kappa shape index (κ1) is 16.4. The summed E-state index contributed by atoms with van der Waals surface area (Å²) >= 11 is 0. The molecule has 2 fully saturated rings. The molecule has 6 heteroatoms. The highest BCUT2D eigenvalue weighted by molar-refractivity contribution is 5.89. The van der Waals surface area contributed by atoms with E-state index >= 15 is 0 Å². The third-order valence-corrected chi connectivity index (χ3v) is 4.93. The summed E-state index contributed by atoms with van der Waals surface area (Å²) in [7, 11) is 0. The summed E-state index contributed by atoms with van der Waals surface area (Å²) in [6.07, 6.45) is 4.47. The molecule has 128 valence electrons. The summed E-state index contributed by atoms with van der Waals surface area (Å²) in [6, 6.07) is 0. The second kappa shape index (κ2) is 6.59. The van der Waals surface area contributed by atoms with Crippen molar-refractivity contribution in [1.82, 2.24) is 15.1 Å². The van der Waals surface area contributed by atoms with Gasteiger partial charge in [-0.1, -0.05) is 20.8 Å². The number of aromatic nitrogens is 2. The molecular formula is C17H27N3O3. The van der Waals surface area contributed by atoms with E-state index in [1.54, 1.807) is 0 Å². The lowest BCUT2D eigenvalue weighted by molar-refractivity contribution is 0.0240.